The fourth-order valence-corrected chi connectivity index (χ4v) is 13.1. The molecule has 0 fully saturated rings. The number of nitrogens with one attached hydrogen (secondary N) is 1. The highest BCUT2D eigenvalue weighted by atomic mass is 79.9. The molecular formula is C78H89Br7F7N3O7S2. The lowest BCUT2D eigenvalue weighted by Crippen LogP contribution is -2.46. The number of hydrogen-bond acceptors (Lipinski definition) is 8. The number of allylic oxidation sites excluding steroid dienone is 1. The van der Waals surface area contributed by atoms with E-state index in [2.05, 4.69) is 141 Å². The van der Waals surface area contributed by atoms with E-state index in [0.717, 1.165) is 22.4 Å². The molecule has 0 saturated heterocycles. The highest BCUT2D eigenvalue weighted by molar-refractivity contribution is 9.11. The summed E-state index contributed by atoms with van der Waals surface area (Å²) in [6, 6.07) is 31.9. The lowest BCUT2D eigenvalue weighted by atomic mass is 9.81. The Morgan fingerprint density at radius 3 is 1.30 bits per heavy atom. The van der Waals surface area contributed by atoms with Gasteiger partial charge in [0, 0.05) is 85.8 Å². The molecule has 4 N–H and O–H groups in total. The van der Waals surface area contributed by atoms with E-state index in [0.29, 0.717) is 73.8 Å². The Hall–Kier alpha value is -4.87. The summed E-state index contributed by atoms with van der Waals surface area (Å²) in [6.45, 7) is 37.7. The molecule has 0 aliphatic heterocycles. The molecule has 26 heteroatoms. The number of aliphatic hydroxyl groups is 1. The topological polar surface area (TPSA) is 165 Å². The van der Waals surface area contributed by atoms with Gasteiger partial charge in [0.2, 0.25) is 0 Å². The molecule has 7 aromatic carbocycles. The highest BCUT2D eigenvalue weighted by Crippen LogP contribution is 2.36. The minimum Gasteiger partial charge on any atom is -0.444 e. The van der Waals surface area contributed by atoms with Gasteiger partial charge in [-0.3, -0.25) is 13.8 Å². The molecule has 1 unspecified atom stereocenters. The summed E-state index contributed by atoms with van der Waals surface area (Å²) in [5.41, 5.74) is 6.03. The van der Waals surface area contributed by atoms with Crippen molar-refractivity contribution < 1.29 is 63.4 Å². The summed E-state index contributed by atoms with van der Waals surface area (Å²) in [7, 11) is -2.43. The first-order valence-electron chi connectivity index (χ1n) is 31.6. The van der Waals surface area contributed by atoms with Gasteiger partial charge in [-0.25, -0.2) is 39.7 Å². The van der Waals surface area contributed by atoms with Crippen LogP contribution in [-0.4, -0.2) is 58.2 Å². The summed E-state index contributed by atoms with van der Waals surface area (Å²) < 4.78 is 132. The van der Waals surface area contributed by atoms with Crippen molar-refractivity contribution in [1.82, 2.24) is 5.32 Å². The maximum absolute atomic E-state index is 14.2. The van der Waals surface area contributed by atoms with Gasteiger partial charge in [-0.1, -0.05) is 137 Å². The fourth-order valence-electron chi connectivity index (χ4n) is 8.63. The number of nitrogens with zero attached hydrogens (tertiary/aromatic N) is 1. The fraction of sp³-hybridized carbons (Fsp3) is 0.333. The molecule has 7 aromatic rings. The largest absolute Gasteiger partial charge is 0.444 e. The van der Waals surface area contributed by atoms with E-state index in [-0.39, 0.29) is 44.9 Å². The van der Waals surface area contributed by atoms with Crippen LogP contribution in [0.3, 0.4) is 0 Å². The Morgan fingerprint density at radius 1 is 0.529 bits per heavy atom. The van der Waals surface area contributed by atoms with Crippen LogP contribution in [-0.2, 0) is 43.0 Å². The summed E-state index contributed by atoms with van der Waals surface area (Å²) in [6.07, 6.45) is 5.74. The van der Waals surface area contributed by atoms with E-state index in [1.54, 1.807) is 133 Å². The van der Waals surface area contributed by atoms with Crippen LogP contribution < -0.4 is 11.1 Å². The van der Waals surface area contributed by atoms with Crippen molar-refractivity contribution in [2.24, 2.45) is 10.1 Å². The Balaban J connectivity index is 0.000000616. The lowest BCUT2D eigenvalue weighted by Gasteiger charge is -2.32. The van der Waals surface area contributed by atoms with Gasteiger partial charge in [-0.05, 0) is 249 Å². The maximum Gasteiger partial charge on any atom is 0.408 e. The summed E-state index contributed by atoms with van der Waals surface area (Å²) in [5, 5.41) is 11.8. The second-order valence-corrected chi connectivity index (χ2v) is 37.4. The number of nitrogens with two attached hydrogens (primary N) is 1. The highest BCUT2D eigenvalue weighted by Gasteiger charge is 2.35. The first kappa shape index (κ1) is 97.1. The molecular weight excluding hydrogens is 1850 g/mol. The second-order valence-electron chi connectivity index (χ2n) is 26.9. The second kappa shape index (κ2) is 44.6. The number of ether oxygens (including phenoxy) is 1. The van der Waals surface area contributed by atoms with Gasteiger partial charge in [0.1, 0.15) is 57.3 Å². The molecule has 0 saturated carbocycles. The zero-order valence-corrected chi connectivity index (χ0v) is 73.2. The number of alkyl carbamates (subject to hydrolysis) is 1. The number of carbonyl (C=O) groups is 3. The molecule has 0 aliphatic carbocycles. The predicted molar refractivity (Wildman–Crippen MR) is 438 cm³/mol. The number of carbonyl (C=O) groups excluding carboxylic acids is 3. The van der Waals surface area contributed by atoms with E-state index in [9.17, 15) is 53.5 Å². The Bertz CT molecular complexity index is 4170. The number of aliphatic hydroxyl groups excluding tert-OH is 1. The third-order valence-electron chi connectivity index (χ3n) is 14.1. The van der Waals surface area contributed by atoms with Crippen LogP contribution in [0.2, 0.25) is 0 Å². The van der Waals surface area contributed by atoms with E-state index in [4.69, 9.17) is 15.6 Å². The number of ketones is 1. The standard InChI is InChI=1S/C16H21BrFNO2.C16H22BrFOS.C12H15BrFNOS.C11H13BrFN.C8H8BrFO.C8H6BrFO.C7H4BrFO/c1-6-9-16(5,19-14(20)21-15(2,3)4)12-10-11(17)7-8-13(12)18;1-6-9-16(5,11-20(19)15(2,3)4)13-10-12(17)7-8-14(13)18;1-8(15-17(16)12(2,3)4)10-7-9(13)5-6-11(10)14;1-3-6-11(2,14)9-7-8(12)4-5-10(9)13;2*1-5(11)7-4-6(9)2-3-8(7)10;8-6-1-2-7(9)5(3-6)4-10/h6-8,10H,1,9H2,2-5H3,(H,19,20);6-8,10H,1,9,11H2,2-5H3;5-7H,1-4H3;3-5,7H,1,6,14H2,2H3;2-5,11H,1H3;2-4H,1H3;1-4H/t16-;16-,20+;17-;11-;;;/m0110.../s1. The van der Waals surface area contributed by atoms with Crippen LogP contribution >= 0.6 is 112 Å². The minimum absolute atomic E-state index is 0.0781. The van der Waals surface area contributed by atoms with Crippen molar-refractivity contribution in [2.75, 3.05) is 5.75 Å². The normalized spacial score (nSPS) is 13.8. The number of rotatable bonds is 17. The summed E-state index contributed by atoms with van der Waals surface area (Å²) in [4.78, 5) is 32.9. The molecule has 0 aliphatic rings. The SMILES string of the molecule is C=CC[C@](C)(C[S@](=O)C(C)(C)C)c1cc(Br)ccc1F.C=CC[C@](C)(N)c1cc(Br)ccc1F.C=CC[C@](C)(NC(=O)OC(C)(C)C)c1cc(Br)ccc1F.CC(=N[S@](=O)C(C)(C)C)c1cc(Br)ccc1F.CC(=O)c1cc(Br)ccc1F.CC(O)c1cc(Br)ccc1F.O=Cc1cc(Br)ccc1F. The number of aldehydes is 1. The summed E-state index contributed by atoms with van der Waals surface area (Å²) >= 11 is 22.7. The van der Waals surface area contributed by atoms with Gasteiger partial charge >= 0.3 is 6.09 Å². The number of halogens is 14. The molecule has 104 heavy (non-hydrogen) atoms. The van der Waals surface area contributed by atoms with Gasteiger partial charge in [0.15, 0.2) is 12.1 Å². The van der Waals surface area contributed by atoms with Crippen molar-refractivity contribution in [3.8, 4) is 0 Å². The Kier molecular flexibility index (Phi) is 41.6. The molecule has 10 nitrogen and oxygen atoms in total. The van der Waals surface area contributed by atoms with Crippen LogP contribution in [0.15, 0.2) is 201 Å². The van der Waals surface area contributed by atoms with Crippen molar-refractivity contribution in [1.29, 1.82) is 0 Å². The number of amides is 1. The molecule has 7 rings (SSSR count). The first-order chi connectivity index (χ1) is 47.8. The van der Waals surface area contributed by atoms with Crippen LogP contribution in [0.1, 0.15) is 178 Å². The molecule has 6 atom stereocenters. The number of Topliss-reactive ketones (excluding diaryl/α,β-unsaturated/α-hetero) is 1. The molecule has 0 radical (unpaired) electrons. The average molecular weight is 1940 g/mol. The van der Waals surface area contributed by atoms with Crippen molar-refractivity contribution >= 4 is 157 Å². The van der Waals surface area contributed by atoms with E-state index in [1.165, 1.54) is 68.4 Å². The number of benzene rings is 7. The van der Waals surface area contributed by atoms with Gasteiger partial charge in [0.25, 0.3) is 0 Å². The van der Waals surface area contributed by atoms with E-state index < -0.39 is 78.3 Å². The Labute approximate surface area is 672 Å². The zero-order valence-electron chi connectivity index (χ0n) is 60.5. The molecule has 1 amide bonds. The van der Waals surface area contributed by atoms with Gasteiger partial charge < -0.3 is 20.9 Å². The van der Waals surface area contributed by atoms with E-state index >= 15 is 0 Å². The Morgan fingerprint density at radius 2 is 0.904 bits per heavy atom. The monoisotopic (exact) mass is 1930 g/mol. The van der Waals surface area contributed by atoms with Gasteiger partial charge in [0.05, 0.1) is 33.2 Å². The van der Waals surface area contributed by atoms with Gasteiger partial charge in [-0.15, -0.1) is 19.7 Å². The van der Waals surface area contributed by atoms with Crippen LogP contribution in [0.25, 0.3) is 0 Å². The first-order valence-corrected chi connectivity index (χ1v) is 39.6. The van der Waals surface area contributed by atoms with Crippen LogP contribution in [0, 0.1) is 40.7 Å². The van der Waals surface area contributed by atoms with Crippen LogP contribution in [0.4, 0.5) is 35.5 Å². The van der Waals surface area contributed by atoms with Crippen molar-refractivity contribution in [3.05, 3.63) is 276 Å². The quantitative estimate of drug-likeness (QED) is 0.0266. The predicted octanol–water partition coefficient (Wildman–Crippen LogP) is 24.9. The average Bonchev–Trinajstić information content (AvgIpc) is 0.816. The third kappa shape index (κ3) is 34.6. The molecule has 568 valence electrons. The smallest absolute Gasteiger partial charge is 0.408 e. The lowest BCUT2D eigenvalue weighted by molar-refractivity contribution is 0.0460. The summed E-state index contributed by atoms with van der Waals surface area (Å²) in [5.74, 6) is -2.47. The van der Waals surface area contributed by atoms with Crippen LogP contribution in [0.5, 0.6) is 0 Å². The van der Waals surface area contributed by atoms with E-state index in [1.807, 2.05) is 48.5 Å². The molecule has 0 aromatic heterocycles. The maximum atomic E-state index is 14.2. The minimum atomic E-state index is -1.38. The number of hydrogen-bond donors (Lipinski definition) is 3. The molecule has 0 spiro atoms. The molecule has 0 bridgehead atoms. The van der Waals surface area contributed by atoms with Gasteiger partial charge in [-0.2, -0.15) is 4.40 Å². The third-order valence-corrected chi connectivity index (χ3v) is 21.3. The molecule has 0 heterocycles. The van der Waals surface area contributed by atoms with Crippen molar-refractivity contribution in [2.45, 2.75) is 161 Å². The zero-order chi connectivity index (χ0) is 80.2. The van der Waals surface area contributed by atoms with Crippen molar-refractivity contribution in [3.63, 3.8) is 0 Å².